The molecule has 0 aromatic heterocycles. The first-order valence-corrected chi connectivity index (χ1v) is 14.1. The molecule has 10 unspecified atom stereocenters. The second-order valence-electron chi connectivity index (χ2n) is 11.4. The monoisotopic (exact) mass is 591 g/mol. The first-order chi connectivity index (χ1) is 20.1. The second kappa shape index (κ2) is 11.6. The Balaban J connectivity index is 1.45. The van der Waals surface area contributed by atoms with Crippen LogP contribution in [0.5, 0.6) is 11.5 Å². The van der Waals surface area contributed by atoms with Gasteiger partial charge in [0.1, 0.15) is 48.8 Å². The van der Waals surface area contributed by atoms with E-state index in [2.05, 4.69) is 18.0 Å². The van der Waals surface area contributed by atoms with Crippen LogP contribution in [0.1, 0.15) is 22.7 Å². The van der Waals surface area contributed by atoms with E-state index in [0.29, 0.717) is 12.0 Å². The molecule has 0 amide bonds. The number of fused-ring (bicyclic) bond motifs is 2. The standard InChI is InChI=1S/C29H37NO12/c1-30-8-7-12-3-2-4-14-19(12)15(30)9-13-5-6-16(39-28-25(37)23(35)21(33)17(10-31)40-28)27(20(13)14)42-29-26(38)24(36)22(34)18(11-32)41-29/h2-6,15,17-18,21-26,28-29,31-38H,7-11H2,1H3/t15-,17?,18?,21?,22?,23?,24?,25?,26?,28?,29?/m1/s1. The Morgan fingerprint density at radius 3 is 2.00 bits per heavy atom. The van der Waals surface area contributed by atoms with Crippen LogP contribution in [0.25, 0.3) is 11.1 Å². The second-order valence-corrected chi connectivity index (χ2v) is 11.4. The summed E-state index contributed by atoms with van der Waals surface area (Å²) in [4.78, 5) is 2.28. The molecule has 0 saturated carbocycles. The number of hydrogen-bond acceptors (Lipinski definition) is 13. The van der Waals surface area contributed by atoms with E-state index in [1.165, 1.54) is 5.56 Å². The van der Waals surface area contributed by atoms with Gasteiger partial charge in [0.25, 0.3) is 0 Å². The fraction of sp³-hybridized carbons (Fsp3) is 0.586. The number of likely N-dealkylation sites (N-methyl/N-ethyl adjacent to an activating group) is 1. The third-order valence-electron chi connectivity index (χ3n) is 8.86. The van der Waals surface area contributed by atoms with E-state index >= 15 is 0 Å². The summed E-state index contributed by atoms with van der Waals surface area (Å²) in [5.41, 5.74) is 4.66. The first-order valence-electron chi connectivity index (χ1n) is 14.1. The van der Waals surface area contributed by atoms with E-state index < -0.39 is 74.6 Å². The van der Waals surface area contributed by atoms with Gasteiger partial charge < -0.3 is 59.8 Å². The number of rotatable bonds is 6. The van der Waals surface area contributed by atoms with Crippen molar-refractivity contribution in [1.82, 2.24) is 4.90 Å². The minimum absolute atomic E-state index is 0.0234. The number of aliphatic hydroxyl groups is 8. The highest BCUT2D eigenvalue weighted by Gasteiger charge is 2.47. The van der Waals surface area contributed by atoms with Crippen LogP contribution >= 0.6 is 0 Å². The molecule has 0 bridgehead atoms. The quantitative estimate of drug-likeness (QED) is 0.180. The molecule has 230 valence electrons. The van der Waals surface area contributed by atoms with Gasteiger partial charge in [-0.3, -0.25) is 4.90 Å². The van der Waals surface area contributed by atoms with Crippen LogP contribution in [0.3, 0.4) is 0 Å². The van der Waals surface area contributed by atoms with Gasteiger partial charge in [0.2, 0.25) is 12.6 Å². The van der Waals surface area contributed by atoms with Crippen LogP contribution in [0.15, 0.2) is 30.3 Å². The Bertz CT molecular complexity index is 1290. The maximum Gasteiger partial charge on any atom is 0.229 e. The van der Waals surface area contributed by atoms with Crippen LogP contribution in [-0.4, -0.2) is 134 Å². The van der Waals surface area contributed by atoms with Crippen molar-refractivity contribution < 1.29 is 59.8 Å². The van der Waals surface area contributed by atoms with Gasteiger partial charge in [0.15, 0.2) is 11.5 Å². The van der Waals surface area contributed by atoms with E-state index in [9.17, 15) is 40.9 Å². The number of aliphatic hydroxyl groups excluding tert-OH is 8. The van der Waals surface area contributed by atoms with Crippen molar-refractivity contribution in [3.63, 3.8) is 0 Å². The molecule has 13 heteroatoms. The molecule has 6 rings (SSSR count). The van der Waals surface area contributed by atoms with Gasteiger partial charge in [-0.25, -0.2) is 0 Å². The van der Waals surface area contributed by atoms with E-state index in [1.54, 1.807) is 6.07 Å². The van der Waals surface area contributed by atoms with Crippen molar-refractivity contribution in [2.75, 3.05) is 26.8 Å². The zero-order chi connectivity index (χ0) is 29.9. The molecule has 13 nitrogen and oxygen atoms in total. The molecular weight excluding hydrogens is 554 g/mol. The van der Waals surface area contributed by atoms with Gasteiger partial charge in [0, 0.05) is 18.2 Å². The van der Waals surface area contributed by atoms with Crippen molar-refractivity contribution in [3.05, 3.63) is 47.0 Å². The van der Waals surface area contributed by atoms with Crippen molar-refractivity contribution in [2.45, 2.75) is 80.3 Å². The summed E-state index contributed by atoms with van der Waals surface area (Å²) in [6.45, 7) is -0.399. The van der Waals surface area contributed by atoms with Crippen molar-refractivity contribution in [3.8, 4) is 22.6 Å². The highest BCUT2D eigenvalue weighted by molar-refractivity contribution is 5.83. The van der Waals surface area contributed by atoms with E-state index in [0.717, 1.165) is 29.7 Å². The molecule has 0 spiro atoms. The maximum absolute atomic E-state index is 10.8. The third-order valence-corrected chi connectivity index (χ3v) is 8.86. The predicted octanol–water partition coefficient (Wildman–Crippen LogP) is -2.20. The topological polar surface area (TPSA) is 202 Å². The summed E-state index contributed by atoms with van der Waals surface area (Å²) in [6, 6.07) is 9.49. The Kier molecular flexibility index (Phi) is 8.19. The smallest absolute Gasteiger partial charge is 0.229 e. The van der Waals surface area contributed by atoms with Crippen LogP contribution in [-0.2, 0) is 22.3 Å². The normalized spacial score (nSPS) is 38.0. The van der Waals surface area contributed by atoms with E-state index in [4.69, 9.17) is 18.9 Å². The van der Waals surface area contributed by atoms with Crippen molar-refractivity contribution in [2.24, 2.45) is 0 Å². The van der Waals surface area contributed by atoms with Crippen LogP contribution in [0, 0.1) is 0 Å². The lowest BCUT2D eigenvalue weighted by atomic mass is 9.77. The van der Waals surface area contributed by atoms with Crippen LogP contribution in [0.4, 0.5) is 0 Å². The Hall–Kier alpha value is -2.40. The molecular formula is C29H37NO12. The van der Waals surface area contributed by atoms with Crippen molar-refractivity contribution in [1.29, 1.82) is 0 Å². The highest BCUT2D eigenvalue weighted by atomic mass is 16.7. The molecule has 0 radical (unpaired) electrons. The summed E-state index contributed by atoms with van der Waals surface area (Å²) in [5.74, 6) is 0.101. The minimum Gasteiger partial charge on any atom is -0.458 e. The maximum atomic E-state index is 10.8. The van der Waals surface area contributed by atoms with Gasteiger partial charge in [-0.1, -0.05) is 24.3 Å². The lowest BCUT2D eigenvalue weighted by Crippen LogP contribution is -2.60. The molecule has 3 heterocycles. The molecule has 42 heavy (non-hydrogen) atoms. The SMILES string of the molecule is CN1CCc2cccc3c2[C@H]1Cc1ccc(OC2OC(CO)C(O)C(O)C2O)c(OC2OC(CO)C(O)C(O)C2O)c1-3. The summed E-state index contributed by atoms with van der Waals surface area (Å²) in [7, 11) is 2.07. The largest absolute Gasteiger partial charge is 0.458 e. The molecule has 1 aliphatic carbocycles. The molecule has 8 N–H and O–H groups in total. The van der Waals surface area contributed by atoms with Gasteiger partial charge in [-0.05, 0) is 48.2 Å². The molecule has 4 aliphatic rings. The molecule has 3 aliphatic heterocycles. The molecule has 2 aromatic carbocycles. The summed E-state index contributed by atoms with van der Waals surface area (Å²) in [5, 5.41) is 82.1. The average Bonchev–Trinajstić information content (AvgIpc) is 3.00. The summed E-state index contributed by atoms with van der Waals surface area (Å²) in [6.07, 6.45) is -13.9. The third kappa shape index (κ3) is 4.88. The van der Waals surface area contributed by atoms with E-state index in [-0.39, 0.29) is 17.5 Å². The summed E-state index contributed by atoms with van der Waals surface area (Å²) < 4.78 is 23.5. The number of ether oxygens (including phenoxy) is 4. The lowest BCUT2D eigenvalue weighted by molar-refractivity contribution is -0.282. The van der Waals surface area contributed by atoms with E-state index in [1.807, 2.05) is 18.2 Å². The van der Waals surface area contributed by atoms with Gasteiger partial charge in [-0.15, -0.1) is 0 Å². The first kappa shape index (κ1) is 29.7. The fourth-order valence-corrected chi connectivity index (χ4v) is 6.43. The van der Waals surface area contributed by atoms with Crippen LogP contribution in [0.2, 0.25) is 0 Å². The number of benzene rings is 2. The number of nitrogens with zero attached hydrogens (tertiary/aromatic N) is 1. The molecule has 11 atom stereocenters. The van der Waals surface area contributed by atoms with Gasteiger partial charge in [-0.2, -0.15) is 0 Å². The summed E-state index contributed by atoms with van der Waals surface area (Å²) >= 11 is 0. The van der Waals surface area contributed by atoms with Crippen molar-refractivity contribution >= 4 is 0 Å². The molecule has 2 saturated heterocycles. The predicted molar refractivity (Wildman–Crippen MR) is 143 cm³/mol. The zero-order valence-corrected chi connectivity index (χ0v) is 22.9. The highest BCUT2D eigenvalue weighted by Crippen LogP contribution is 2.51. The minimum atomic E-state index is -1.70. The number of hydrogen-bond donors (Lipinski definition) is 8. The molecule has 2 fully saturated rings. The van der Waals surface area contributed by atoms with Crippen LogP contribution < -0.4 is 9.47 Å². The Morgan fingerprint density at radius 1 is 0.762 bits per heavy atom. The van der Waals surface area contributed by atoms with Gasteiger partial charge >= 0.3 is 0 Å². The Labute approximate surface area is 241 Å². The fourth-order valence-electron chi connectivity index (χ4n) is 6.43. The molecule has 2 aromatic rings. The van der Waals surface area contributed by atoms with Gasteiger partial charge in [0.05, 0.1) is 13.2 Å². The lowest BCUT2D eigenvalue weighted by Gasteiger charge is -2.43. The average molecular weight is 592 g/mol. The Morgan fingerprint density at radius 2 is 1.38 bits per heavy atom. The zero-order valence-electron chi connectivity index (χ0n) is 22.9.